The summed E-state index contributed by atoms with van der Waals surface area (Å²) < 4.78 is 7.98. The lowest BCUT2D eigenvalue weighted by Gasteiger charge is -2.40. The Labute approximate surface area is 239 Å². The van der Waals surface area contributed by atoms with Crippen LogP contribution in [0.4, 0.5) is 10.6 Å². The second-order valence-corrected chi connectivity index (χ2v) is 18.3. The van der Waals surface area contributed by atoms with E-state index in [1.54, 1.807) is 4.68 Å². The summed E-state index contributed by atoms with van der Waals surface area (Å²) in [5.41, 5.74) is 4.87. The predicted octanol–water partition coefficient (Wildman–Crippen LogP) is 5.79. The molecule has 12 heteroatoms. The largest absolute Gasteiger partial charge is 0.465 e. The van der Waals surface area contributed by atoms with Crippen molar-refractivity contribution in [2.45, 2.75) is 76.1 Å². The molecule has 5 heterocycles. The third-order valence-electron chi connectivity index (χ3n) is 8.12. The number of fused-ring (bicyclic) bond motifs is 4. The first-order chi connectivity index (χ1) is 19.1. The van der Waals surface area contributed by atoms with E-state index in [9.17, 15) is 9.90 Å². The van der Waals surface area contributed by atoms with Gasteiger partial charge in [0.2, 0.25) is 0 Å². The Morgan fingerprint density at radius 1 is 1.20 bits per heavy atom. The number of hydrogen-bond acceptors (Lipinski definition) is 6. The smallest absolute Gasteiger partial charge is 0.404 e. The van der Waals surface area contributed by atoms with Crippen molar-refractivity contribution in [3.8, 4) is 11.1 Å². The molecule has 2 unspecified atom stereocenters. The fourth-order valence-corrected chi connectivity index (χ4v) is 7.28. The topological polar surface area (TPSA) is 121 Å². The second kappa shape index (κ2) is 10.4. The summed E-state index contributed by atoms with van der Waals surface area (Å²) in [6.07, 6.45) is 6.42. The van der Waals surface area contributed by atoms with Crippen LogP contribution in [0, 0.1) is 0 Å². The Kier molecular flexibility index (Phi) is 7.00. The van der Waals surface area contributed by atoms with Gasteiger partial charge in [0, 0.05) is 68.8 Å². The Morgan fingerprint density at radius 2 is 1.95 bits per heavy atom. The number of rotatable bonds is 8. The van der Waals surface area contributed by atoms with Gasteiger partial charge in [-0.05, 0) is 37.8 Å². The number of carboxylic acid groups (broad SMARTS) is 1. The lowest BCUT2D eigenvalue weighted by Crippen LogP contribution is -2.51. The molecule has 10 nitrogen and oxygen atoms in total. The highest BCUT2D eigenvalue weighted by molar-refractivity contribution is 6.76. The average Bonchev–Trinajstić information content (AvgIpc) is 3.54. The van der Waals surface area contributed by atoms with Crippen LogP contribution in [0.2, 0.25) is 30.7 Å². The first kappa shape index (κ1) is 27.0. The van der Waals surface area contributed by atoms with Crippen molar-refractivity contribution >= 4 is 53.7 Å². The fraction of sp³-hybridized carbons (Fsp3) is 0.500. The van der Waals surface area contributed by atoms with Crippen molar-refractivity contribution in [2.75, 3.05) is 11.5 Å². The van der Waals surface area contributed by atoms with Gasteiger partial charge in [-0.2, -0.15) is 5.10 Å². The summed E-state index contributed by atoms with van der Waals surface area (Å²) in [7, 11) is 0.645. The number of aromatic amines is 1. The molecule has 6 rings (SSSR count). The zero-order valence-electron chi connectivity index (χ0n) is 23.4. The lowest BCUT2D eigenvalue weighted by atomic mass is 9.97. The second-order valence-electron chi connectivity index (χ2n) is 12.3. The zero-order valence-corrected chi connectivity index (χ0v) is 25.1. The maximum Gasteiger partial charge on any atom is 0.404 e. The van der Waals surface area contributed by atoms with Gasteiger partial charge in [-0.1, -0.05) is 37.3 Å². The highest BCUT2D eigenvalue weighted by Crippen LogP contribution is 2.42. The summed E-state index contributed by atoms with van der Waals surface area (Å²) in [6.45, 7) is 8.09. The van der Waals surface area contributed by atoms with Gasteiger partial charge in [0.1, 0.15) is 11.2 Å². The van der Waals surface area contributed by atoms with Crippen molar-refractivity contribution in [3.63, 3.8) is 0 Å². The van der Waals surface area contributed by atoms with Crippen LogP contribution in [0.15, 0.2) is 24.5 Å². The molecule has 2 bridgehead atoms. The number of benzene rings is 1. The van der Waals surface area contributed by atoms with Crippen molar-refractivity contribution in [2.24, 2.45) is 7.05 Å². The predicted molar refractivity (Wildman–Crippen MR) is 160 cm³/mol. The van der Waals surface area contributed by atoms with Crippen LogP contribution in [0.3, 0.4) is 0 Å². The molecular weight excluding hydrogens is 546 g/mol. The number of amides is 1. The number of H-pyrrole nitrogens is 1. The van der Waals surface area contributed by atoms with Crippen LogP contribution in [0.5, 0.6) is 0 Å². The monoisotopic (exact) mass is 581 g/mol. The van der Waals surface area contributed by atoms with E-state index < -0.39 is 14.2 Å². The van der Waals surface area contributed by atoms with Gasteiger partial charge >= 0.3 is 6.09 Å². The summed E-state index contributed by atoms with van der Waals surface area (Å²) in [5, 5.41) is 18.0. The van der Waals surface area contributed by atoms with E-state index in [-0.39, 0.29) is 18.1 Å². The number of aryl methyl sites for hydroxylation is 1. The van der Waals surface area contributed by atoms with Crippen molar-refractivity contribution in [3.05, 3.63) is 35.2 Å². The average molecular weight is 582 g/mol. The standard InChI is InChI=1S/C28H36ClN7O3Si/c1-35-14-21-22(34-35)8-7-19(24(21)29)20-13-30-26-25(20)32-23(15-39-9-10-40(2,3)4)27(33-26)36-17-5-6-18(36)12-16(11-17)31-28(37)38/h7-8,13-14,16-18,31H,5-6,9-12,15H2,1-4H3,(H,30,33)(H,37,38). The molecule has 1 aromatic carbocycles. The number of nitrogens with one attached hydrogen (secondary N) is 2. The van der Waals surface area contributed by atoms with Gasteiger partial charge in [-0.3, -0.25) is 4.68 Å². The number of piperidine rings is 1. The molecule has 0 aliphatic carbocycles. The fourth-order valence-electron chi connectivity index (χ4n) is 6.22. The number of halogens is 1. The Morgan fingerprint density at radius 3 is 2.65 bits per heavy atom. The Bertz CT molecular complexity index is 1570. The van der Waals surface area contributed by atoms with Gasteiger partial charge in [0.25, 0.3) is 0 Å². The maximum atomic E-state index is 11.3. The Balaban J connectivity index is 1.38. The van der Waals surface area contributed by atoms with Crippen molar-refractivity contribution in [1.29, 1.82) is 0 Å². The first-order valence-corrected chi connectivity index (χ1v) is 18.0. The van der Waals surface area contributed by atoms with Crippen LogP contribution in [-0.2, 0) is 18.4 Å². The molecule has 2 fully saturated rings. The van der Waals surface area contributed by atoms with Crippen LogP contribution in [0.1, 0.15) is 31.4 Å². The van der Waals surface area contributed by atoms with Gasteiger partial charge in [-0.15, -0.1) is 0 Å². The molecule has 2 aliphatic heterocycles. The molecule has 40 heavy (non-hydrogen) atoms. The van der Waals surface area contributed by atoms with E-state index in [4.69, 9.17) is 26.3 Å². The third-order valence-corrected chi connectivity index (χ3v) is 10.2. The minimum Gasteiger partial charge on any atom is -0.465 e. The zero-order chi connectivity index (χ0) is 28.2. The highest BCUT2D eigenvalue weighted by atomic mass is 35.5. The number of carbonyl (C=O) groups is 1. The molecule has 0 spiro atoms. The van der Waals surface area contributed by atoms with Gasteiger partial charge in [0.05, 0.1) is 17.1 Å². The van der Waals surface area contributed by atoms with Crippen LogP contribution in [0.25, 0.3) is 33.2 Å². The molecule has 3 aromatic heterocycles. The van der Waals surface area contributed by atoms with Crippen LogP contribution >= 0.6 is 11.6 Å². The quantitative estimate of drug-likeness (QED) is 0.178. The number of nitrogens with zero attached hydrogens (tertiary/aromatic N) is 5. The lowest BCUT2D eigenvalue weighted by molar-refractivity contribution is 0.130. The van der Waals surface area contributed by atoms with Crippen molar-refractivity contribution < 1.29 is 14.6 Å². The normalized spacial score (nSPS) is 21.0. The number of hydrogen-bond donors (Lipinski definition) is 3. The number of aromatic nitrogens is 5. The molecule has 1 amide bonds. The Hall–Kier alpha value is -3.15. The molecule has 3 N–H and O–H groups in total. The minimum absolute atomic E-state index is 0.0407. The van der Waals surface area contributed by atoms with Crippen LogP contribution in [-0.4, -0.2) is 68.7 Å². The van der Waals surface area contributed by atoms with Crippen LogP contribution < -0.4 is 10.2 Å². The van der Waals surface area contributed by atoms with Crippen molar-refractivity contribution in [1.82, 2.24) is 30.0 Å². The van der Waals surface area contributed by atoms with E-state index in [2.05, 4.69) is 39.9 Å². The van der Waals surface area contributed by atoms with Gasteiger partial charge in [0.15, 0.2) is 11.5 Å². The summed E-state index contributed by atoms with van der Waals surface area (Å²) in [6, 6.07) is 5.41. The van der Waals surface area contributed by atoms with Gasteiger partial charge in [-0.25, -0.2) is 14.8 Å². The summed E-state index contributed by atoms with van der Waals surface area (Å²) >= 11 is 6.89. The molecule has 2 saturated heterocycles. The molecule has 2 aliphatic rings. The van der Waals surface area contributed by atoms with Gasteiger partial charge < -0.3 is 25.0 Å². The van der Waals surface area contributed by atoms with E-state index >= 15 is 0 Å². The highest BCUT2D eigenvalue weighted by Gasteiger charge is 2.43. The molecular formula is C28H36ClN7O3Si. The molecule has 4 aromatic rings. The van der Waals surface area contributed by atoms with E-state index in [1.807, 2.05) is 31.6 Å². The third kappa shape index (κ3) is 5.17. The molecule has 0 radical (unpaired) electrons. The van der Waals surface area contributed by atoms with E-state index in [0.717, 1.165) is 70.8 Å². The molecule has 212 valence electrons. The SMILES string of the molecule is Cn1cc2c(Cl)c(-c3c[nH]c4nc(N5C6CCC5CC(NC(=O)O)C6)c(COCC[Si](C)(C)C)nc34)ccc2n1. The van der Waals surface area contributed by atoms with E-state index in [0.29, 0.717) is 23.9 Å². The summed E-state index contributed by atoms with van der Waals surface area (Å²) in [5.74, 6) is 0.837. The minimum atomic E-state index is -1.24. The first-order valence-electron chi connectivity index (χ1n) is 13.9. The van der Waals surface area contributed by atoms with E-state index in [1.165, 1.54) is 0 Å². The summed E-state index contributed by atoms with van der Waals surface area (Å²) in [4.78, 5) is 27.3. The maximum absolute atomic E-state index is 11.3. The number of ether oxygens (including phenoxy) is 1. The molecule has 2 atom stereocenters. The number of anilines is 1. The molecule has 0 saturated carbocycles.